The molecule has 0 bridgehead atoms. The lowest BCUT2D eigenvalue weighted by Crippen LogP contribution is -2.25. The molecule has 0 saturated heterocycles. The Morgan fingerprint density at radius 1 is 1.07 bits per heavy atom. The number of hydrogen-bond acceptors (Lipinski definition) is 3. The average molecular weight is 384 g/mol. The fourth-order valence-corrected chi connectivity index (χ4v) is 4.08. The predicted molar refractivity (Wildman–Crippen MR) is 115 cm³/mol. The van der Waals surface area contributed by atoms with Crippen LogP contribution in [0.3, 0.4) is 0 Å². The molecule has 0 saturated carbocycles. The Hall–Kier alpha value is -2.01. The molecular formula is C22H29N3OS. The summed E-state index contributed by atoms with van der Waals surface area (Å²) in [5, 5.41) is 0.838. The molecule has 2 heterocycles. The Morgan fingerprint density at radius 3 is 2.41 bits per heavy atom. The van der Waals surface area contributed by atoms with Gasteiger partial charge in [-0.2, -0.15) is 0 Å². The molecule has 2 aromatic heterocycles. The highest BCUT2D eigenvalue weighted by Crippen LogP contribution is 2.29. The van der Waals surface area contributed by atoms with Crippen LogP contribution in [-0.2, 0) is 13.6 Å². The Labute approximate surface area is 165 Å². The van der Waals surface area contributed by atoms with E-state index in [9.17, 15) is 4.79 Å². The Balaban J connectivity index is 2.19. The van der Waals surface area contributed by atoms with Crippen molar-refractivity contribution in [2.75, 3.05) is 5.75 Å². The number of aryl methyl sites for hydroxylation is 1. The van der Waals surface area contributed by atoms with E-state index in [0.717, 1.165) is 34.0 Å². The van der Waals surface area contributed by atoms with Gasteiger partial charge >= 0.3 is 0 Å². The summed E-state index contributed by atoms with van der Waals surface area (Å²) >= 11 is 1.69. The van der Waals surface area contributed by atoms with Gasteiger partial charge in [0.25, 0.3) is 5.56 Å². The smallest absolute Gasteiger partial charge is 0.278 e. The van der Waals surface area contributed by atoms with Crippen LogP contribution in [0.2, 0.25) is 0 Å². The maximum Gasteiger partial charge on any atom is 0.278 e. The number of fused-ring (bicyclic) bond motifs is 1. The van der Waals surface area contributed by atoms with Gasteiger partial charge in [0.1, 0.15) is 11.0 Å². The largest absolute Gasteiger partial charge is 0.344 e. The summed E-state index contributed by atoms with van der Waals surface area (Å²) in [6, 6.07) is 10.2. The van der Waals surface area contributed by atoms with Gasteiger partial charge in [-0.15, -0.1) is 0 Å². The molecule has 0 radical (unpaired) electrons. The molecule has 0 spiro atoms. The van der Waals surface area contributed by atoms with E-state index >= 15 is 0 Å². The van der Waals surface area contributed by atoms with E-state index in [4.69, 9.17) is 4.98 Å². The molecule has 27 heavy (non-hydrogen) atoms. The van der Waals surface area contributed by atoms with Crippen LogP contribution in [0.15, 0.2) is 46.5 Å². The summed E-state index contributed by atoms with van der Waals surface area (Å²) in [6.07, 6.45) is 3.00. The van der Waals surface area contributed by atoms with E-state index in [2.05, 4.69) is 39.8 Å². The van der Waals surface area contributed by atoms with Crippen LogP contribution >= 0.6 is 11.8 Å². The van der Waals surface area contributed by atoms with Gasteiger partial charge in [-0.05, 0) is 23.8 Å². The predicted octanol–water partition coefficient (Wildman–Crippen LogP) is 5.20. The Morgan fingerprint density at radius 2 is 1.78 bits per heavy atom. The normalized spacial score (nSPS) is 11.8. The van der Waals surface area contributed by atoms with Crippen molar-refractivity contribution in [1.82, 2.24) is 14.1 Å². The first-order valence-electron chi connectivity index (χ1n) is 9.66. The van der Waals surface area contributed by atoms with Crippen LogP contribution in [0.4, 0.5) is 0 Å². The summed E-state index contributed by atoms with van der Waals surface area (Å²) in [4.78, 5) is 18.3. The van der Waals surface area contributed by atoms with Crippen LogP contribution in [0.25, 0.3) is 22.2 Å². The van der Waals surface area contributed by atoms with E-state index < -0.39 is 0 Å². The van der Waals surface area contributed by atoms with Crippen molar-refractivity contribution in [1.29, 1.82) is 0 Å². The maximum atomic E-state index is 13.4. The standard InChI is InChI=1S/C22H29N3OS/c1-15(2)11-12-25-21(26)20-19(23-22(25)27-14-16(3)4)18(13-24(20)5)17-9-7-6-8-10-17/h6-10,13,15-16H,11-12,14H2,1-5H3. The lowest BCUT2D eigenvalue weighted by Gasteiger charge is -2.14. The van der Waals surface area contributed by atoms with E-state index in [1.54, 1.807) is 11.8 Å². The van der Waals surface area contributed by atoms with Crippen LogP contribution in [0.1, 0.15) is 34.1 Å². The first kappa shape index (κ1) is 19.7. The van der Waals surface area contributed by atoms with Crippen LogP contribution in [-0.4, -0.2) is 19.9 Å². The third-order valence-corrected chi connectivity index (χ3v) is 6.00. The monoisotopic (exact) mass is 383 g/mol. The lowest BCUT2D eigenvalue weighted by molar-refractivity contribution is 0.480. The van der Waals surface area contributed by atoms with Crippen molar-refractivity contribution in [2.24, 2.45) is 18.9 Å². The number of rotatable bonds is 7. The third-order valence-electron chi connectivity index (χ3n) is 4.60. The molecule has 0 aliphatic rings. The maximum absolute atomic E-state index is 13.4. The van der Waals surface area contributed by atoms with Crippen molar-refractivity contribution < 1.29 is 0 Å². The van der Waals surface area contributed by atoms with Gasteiger partial charge in [-0.3, -0.25) is 9.36 Å². The zero-order valence-corrected chi connectivity index (χ0v) is 17.7. The minimum absolute atomic E-state index is 0.0663. The molecular weight excluding hydrogens is 354 g/mol. The molecule has 0 fully saturated rings. The van der Waals surface area contributed by atoms with Crippen molar-refractivity contribution in [3.05, 3.63) is 46.9 Å². The van der Waals surface area contributed by atoms with E-state index in [1.165, 1.54) is 0 Å². The van der Waals surface area contributed by atoms with Gasteiger partial charge < -0.3 is 4.57 Å². The second kappa shape index (κ2) is 8.34. The number of nitrogens with zero attached hydrogens (tertiary/aromatic N) is 3. The average Bonchev–Trinajstić information content (AvgIpc) is 2.96. The van der Waals surface area contributed by atoms with E-state index in [1.807, 2.05) is 40.6 Å². The molecule has 3 aromatic rings. The van der Waals surface area contributed by atoms with Gasteiger partial charge in [0.2, 0.25) is 0 Å². The quantitative estimate of drug-likeness (QED) is 0.416. The summed E-state index contributed by atoms with van der Waals surface area (Å²) < 4.78 is 3.81. The number of benzene rings is 1. The van der Waals surface area contributed by atoms with Crippen molar-refractivity contribution in [3.8, 4) is 11.1 Å². The molecule has 0 aliphatic heterocycles. The van der Waals surface area contributed by atoms with Crippen molar-refractivity contribution >= 4 is 22.8 Å². The first-order chi connectivity index (χ1) is 12.9. The number of hydrogen-bond donors (Lipinski definition) is 0. The Bertz CT molecular complexity index is 971. The second-order valence-electron chi connectivity index (χ2n) is 7.96. The molecule has 5 heteroatoms. The molecule has 0 amide bonds. The fourth-order valence-electron chi connectivity index (χ4n) is 3.11. The molecule has 0 atom stereocenters. The highest BCUT2D eigenvalue weighted by atomic mass is 32.2. The van der Waals surface area contributed by atoms with Crippen molar-refractivity contribution in [3.63, 3.8) is 0 Å². The molecule has 4 nitrogen and oxygen atoms in total. The Kier molecular flexibility index (Phi) is 6.10. The van der Waals surface area contributed by atoms with Gasteiger partial charge in [0.15, 0.2) is 5.16 Å². The molecule has 1 aromatic carbocycles. The lowest BCUT2D eigenvalue weighted by atomic mass is 10.1. The zero-order valence-electron chi connectivity index (χ0n) is 16.9. The van der Waals surface area contributed by atoms with E-state index in [-0.39, 0.29) is 5.56 Å². The summed E-state index contributed by atoms with van der Waals surface area (Å²) in [6.45, 7) is 9.48. The summed E-state index contributed by atoms with van der Waals surface area (Å²) in [5.41, 5.74) is 3.67. The van der Waals surface area contributed by atoms with Crippen LogP contribution < -0.4 is 5.56 Å². The summed E-state index contributed by atoms with van der Waals surface area (Å²) in [5.74, 6) is 2.04. The highest BCUT2D eigenvalue weighted by molar-refractivity contribution is 7.99. The number of thioether (sulfide) groups is 1. The fraction of sp³-hybridized carbons (Fsp3) is 0.455. The molecule has 0 unspecified atom stereocenters. The van der Waals surface area contributed by atoms with Crippen LogP contribution in [0.5, 0.6) is 0 Å². The van der Waals surface area contributed by atoms with Gasteiger partial charge in [-0.1, -0.05) is 69.8 Å². The summed E-state index contributed by atoms with van der Waals surface area (Å²) in [7, 11) is 1.94. The van der Waals surface area contributed by atoms with E-state index in [0.29, 0.717) is 23.9 Å². The minimum Gasteiger partial charge on any atom is -0.344 e. The SMILES string of the molecule is CC(C)CCn1c(SCC(C)C)nc2c(-c3ccccc3)cn(C)c2c1=O. The number of aromatic nitrogens is 3. The minimum atomic E-state index is 0.0663. The topological polar surface area (TPSA) is 39.8 Å². The van der Waals surface area contributed by atoms with Gasteiger partial charge in [-0.25, -0.2) is 4.98 Å². The zero-order chi connectivity index (χ0) is 19.6. The molecule has 144 valence electrons. The second-order valence-corrected chi connectivity index (χ2v) is 8.94. The van der Waals surface area contributed by atoms with Crippen LogP contribution in [0, 0.1) is 11.8 Å². The van der Waals surface area contributed by atoms with Crippen molar-refractivity contribution in [2.45, 2.75) is 45.8 Å². The van der Waals surface area contributed by atoms with Gasteiger partial charge in [0, 0.05) is 31.1 Å². The first-order valence-corrected chi connectivity index (χ1v) is 10.6. The third kappa shape index (κ3) is 4.29. The highest BCUT2D eigenvalue weighted by Gasteiger charge is 2.19. The van der Waals surface area contributed by atoms with Gasteiger partial charge in [0.05, 0.1) is 0 Å². The molecule has 0 N–H and O–H groups in total. The molecule has 3 rings (SSSR count). The molecule has 0 aliphatic carbocycles.